The van der Waals surface area contributed by atoms with Crippen LogP contribution >= 0.6 is 0 Å². The molecule has 1 rings (SSSR count). The molecule has 20 heavy (non-hydrogen) atoms. The van der Waals surface area contributed by atoms with E-state index in [0.717, 1.165) is 6.20 Å². The van der Waals surface area contributed by atoms with E-state index in [9.17, 15) is 9.18 Å². The van der Waals surface area contributed by atoms with Crippen molar-refractivity contribution >= 4 is 11.7 Å². The second-order valence-electron chi connectivity index (χ2n) is 5.66. The molecule has 0 unspecified atom stereocenters. The predicted octanol–water partition coefficient (Wildman–Crippen LogP) is 2.92. The largest absolute Gasteiger partial charge is 0.372 e. The van der Waals surface area contributed by atoms with E-state index in [0.29, 0.717) is 30.1 Å². The van der Waals surface area contributed by atoms with Gasteiger partial charge in [-0.3, -0.25) is 4.79 Å². The van der Waals surface area contributed by atoms with Crippen molar-refractivity contribution in [3.8, 4) is 0 Å². The molecule has 0 saturated carbocycles. The lowest BCUT2D eigenvalue weighted by molar-refractivity contribution is 0.0937. The number of aromatic nitrogens is 1. The standard InChI is InChI=1S/C15H24FN3O/c1-9(2)13(10(3)4)8-19-15(20)12-6-11(16)7-18-14(12)17-5/h6-7,9-10,13H,8H2,1-5H3,(H,17,18)(H,19,20). The van der Waals surface area contributed by atoms with Crippen LogP contribution in [0.5, 0.6) is 0 Å². The highest BCUT2D eigenvalue weighted by atomic mass is 19.1. The zero-order valence-corrected chi connectivity index (χ0v) is 12.8. The molecule has 0 aliphatic heterocycles. The Bertz CT molecular complexity index is 452. The van der Waals surface area contributed by atoms with E-state index < -0.39 is 5.82 Å². The maximum atomic E-state index is 13.2. The van der Waals surface area contributed by atoms with Gasteiger partial charge in [0.1, 0.15) is 11.6 Å². The highest BCUT2D eigenvalue weighted by molar-refractivity contribution is 5.98. The van der Waals surface area contributed by atoms with Crippen LogP contribution in [-0.4, -0.2) is 24.5 Å². The van der Waals surface area contributed by atoms with E-state index in [1.54, 1.807) is 7.05 Å². The maximum Gasteiger partial charge on any atom is 0.255 e. The number of hydrogen-bond acceptors (Lipinski definition) is 3. The fraction of sp³-hybridized carbons (Fsp3) is 0.600. The van der Waals surface area contributed by atoms with E-state index in [1.165, 1.54) is 6.07 Å². The number of nitrogens with zero attached hydrogens (tertiary/aromatic N) is 1. The Morgan fingerprint density at radius 2 is 1.90 bits per heavy atom. The van der Waals surface area contributed by atoms with Crippen LogP contribution in [0, 0.1) is 23.6 Å². The third-order valence-electron chi connectivity index (χ3n) is 3.55. The highest BCUT2D eigenvalue weighted by Gasteiger charge is 2.20. The topological polar surface area (TPSA) is 54.0 Å². The summed E-state index contributed by atoms with van der Waals surface area (Å²) in [6.07, 6.45) is 1.09. The monoisotopic (exact) mass is 281 g/mol. The van der Waals surface area contributed by atoms with Crippen molar-refractivity contribution in [2.45, 2.75) is 27.7 Å². The van der Waals surface area contributed by atoms with Crippen molar-refractivity contribution < 1.29 is 9.18 Å². The molecule has 1 heterocycles. The smallest absolute Gasteiger partial charge is 0.255 e. The normalized spacial score (nSPS) is 11.2. The number of hydrogen-bond donors (Lipinski definition) is 2. The molecule has 1 aromatic rings. The molecule has 1 amide bonds. The van der Waals surface area contributed by atoms with Gasteiger partial charge in [0, 0.05) is 13.6 Å². The lowest BCUT2D eigenvalue weighted by Gasteiger charge is -2.25. The van der Waals surface area contributed by atoms with Gasteiger partial charge in [0.05, 0.1) is 11.8 Å². The number of amides is 1. The summed E-state index contributed by atoms with van der Waals surface area (Å²) in [5.74, 6) is 0.911. The van der Waals surface area contributed by atoms with Gasteiger partial charge in [0.2, 0.25) is 0 Å². The van der Waals surface area contributed by atoms with Gasteiger partial charge in [-0.15, -0.1) is 0 Å². The molecular formula is C15H24FN3O. The zero-order chi connectivity index (χ0) is 15.3. The molecule has 112 valence electrons. The van der Waals surface area contributed by atoms with Crippen molar-refractivity contribution in [2.24, 2.45) is 17.8 Å². The summed E-state index contributed by atoms with van der Waals surface area (Å²) in [6, 6.07) is 1.20. The molecule has 4 nitrogen and oxygen atoms in total. The van der Waals surface area contributed by atoms with Crippen LogP contribution in [0.3, 0.4) is 0 Å². The fourth-order valence-corrected chi connectivity index (χ4v) is 2.36. The number of nitrogens with one attached hydrogen (secondary N) is 2. The summed E-state index contributed by atoms with van der Waals surface area (Å²) < 4.78 is 13.2. The Morgan fingerprint density at radius 3 is 2.40 bits per heavy atom. The van der Waals surface area contributed by atoms with Crippen molar-refractivity contribution in [3.05, 3.63) is 23.6 Å². The Kier molecular flexibility index (Phi) is 5.92. The molecule has 0 fully saturated rings. The molecule has 2 N–H and O–H groups in total. The van der Waals surface area contributed by atoms with Crippen LogP contribution in [0.15, 0.2) is 12.3 Å². The van der Waals surface area contributed by atoms with Crippen molar-refractivity contribution in [3.63, 3.8) is 0 Å². The number of halogens is 1. The molecule has 5 heteroatoms. The third kappa shape index (κ3) is 4.18. The first-order chi connectivity index (χ1) is 9.36. The second-order valence-corrected chi connectivity index (χ2v) is 5.66. The van der Waals surface area contributed by atoms with Crippen LogP contribution in [0.4, 0.5) is 10.2 Å². The lowest BCUT2D eigenvalue weighted by atomic mass is 9.85. The van der Waals surface area contributed by atoms with E-state index in [2.05, 4.69) is 43.3 Å². The minimum atomic E-state index is -0.515. The summed E-state index contributed by atoms with van der Waals surface area (Å²) in [5.41, 5.74) is 0.235. The molecule has 0 atom stereocenters. The first-order valence-corrected chi connectivity index (χ1v) is 6.98. The van der Waals surface area contributed by atoms with Crippen LogP contribution in [-0.2, 0) is 0 Å². The van der Waals surface area contributed by atoms with Crippen LogP contribution < -0.4 is 10.6 Å². The number of carbonyl (C=O) groups is 1. The number of anilines is 1. The molecule has 0 spiro atoms. The van der Waals surface area contributed by atoms with Gasteiger partial charge >= 0.3 is 0 Å². The van der Waals surface area contributed by atoms with Crippen molar-refractivity contribution in [2.75, 3.05) is 18.9 Å². The third-order valence-corrected chi connectivity index (χ3v) is 3.55. The van der Waals surface area contributed by atoms with E-state index in [-0.39, 0.29) is 11.5 Å². The Labute approximate surface area is 120 Å². The zero-order valence-electron chi connectivity index (χ0n) is 12.8. The van der Waals surface area contributed by atoms with Gasteiger partial charge in [0.25, 0.3) is 5.91 Å². The Morgan fingerprint density at radius 1 is 1.30 bits per heavy atom. The number of carbonyl (C=O) groups excluding carboxylic acids is 1. The number of rotatable bonds is 6. The molecule has 0 saturated heterocycles. The van der Waals surface area contributed by atoms with Gasteiger partial charge in [-0.2, -0.15) is 0 Å². The molecule has 0 aliphatic carbocycles. The summed E-state index contributed by atoms with van der Waals surface area (Å²) in [7, 11) is 1.65. The quantitative estimate of drug-likeness (QED) is 0.843. The van der Waals surface area contributed by atoms with Gasteiger partial charge in [-0.05, 0) is 23.8 Å². The minimum Gasteiger partial charge on any atom is -0.372 e. The van der Waals surface area contributed by atoms with E-state index >= 15 is 0 Å². The average molecular weight is 281 g/mol. The summed E-state index contributed by atoms with van der Waals surface area (Å²) in [5, 5.41) is 5.68. The van der Waals surface area contributed by atoms with Gasteiger partial charge < -0.3 is 10.6 Å². The van der Waals surface area contributed by atoms with Crippen LogP contribution in [0.25, 0.3) is 0 Å². The predicted molar refractivity (Wildman–Crippen MR) is 79.2 cm³/mol. The average Bonchev–Trinajstić information content (AvgIpc) is 2.37. The SMILES string of the molecule is CNc1ncc(F)cc1C(=O)NCC(C(C)C)C(C)C. The van der Waals surface area contributed by atoms with Gasteiger partial charge in [0.15, 0.2) is 0 Å². The van der Waals surface area contributed by atoms with E-state index in [4.69, 9.17) is 0 Å². The lowest BCUT2D eigenvalue weighted by Crippen LogP contribution is -2.34. The first kappa shape index (κ1) is 16.4. The molecule has 0 radical (unpaired) electrons. The second kappa shape index (κ2) is 7.22. The molecule has 0 aromatic carbocycles. The van der Waals surface area contributed by atoms with E-state index in [1.807, 2.05) is 0 Å². The molecule has 1 aromatic heterocycles. The maximum absolute atomic E-state index is 13.2. The molecular weight excluding hydrogens is 257 g/mol. The van der Waals surface area contributed by atoms with Gasteiger partial charge in [-0.1, -0.05) is 27.7 Å². The molecule has 0 bridgehead atoms. The number of pyridine rings is 1. The van der Waals surface area contributed by atoms with Crippen molar-refractivity contribution in [1.29, 1.82) is 0 Å². The van der Waals surface area contributed by atoms with Crippen LogP contribution in [0.2, 0.25) is 0 Å². The minimum absolute atomic E-state index is 0.235. The summed E-state index contributed by atoms with van der Waals surface area (Å²) in [6.45, 7) is 9.13. The summed E-state index contributed by atoms with van der Waals surface area (Å²) >= 11 is 0. The summed E-state index contributed by atoms with van der Waals surface area (Å²) in [4.78, 5) is 16.0. The first-order valence-electron chi connectivity index (χ1n) is 6.98. The van der Waals surface area contributed by atoms with Crippen LogP contribution in [0.1, 0.15) is 38.1 Å². The highest BCUT2D eigenvalue weighted by Crippen LogP contribution is 2.20. The van der Waals surface area contributed by atoms with Gasteiger partial charge in [-0.25, -0.2) is 9.37 Å². The fourth-order valence-electron chi connectivity index (χ4n) is 2.36. The Hall–Kier alpha value is -1.65. The van der Waals surface area contributed by atoms with Crippen molar-refractivity contribution in [1.82, 2.24) is 10.3 Å². The Balaban J connectivity index is 2.79. The molecule has 0 aliphatic rings.